The lowest BCUT2D eigenvalue weighted by molar-refractivity contribution is -0.135. The first-order valence-electron chi connectivity index (χ1n) is 1.63. The maximum Gasteiger partial charge on any atom is 0.317 e. The van der Waals surface area contributed by atoms with Crippen molar-refractivity contribution in [1.82, 2.24) is 5.32 Å². The zero-order chi connectivity index (χ0) is 4.99. The molecule has 2 N–H and O–H groups in total. The van der Waals surface area contributed by atoms with Gasteiger partial charge >= 0.3 is 5.97 Å². The van der Waals surface area contributed by atoms with E-state index in [0.717, 1.165) is 0 Å². The van der Waals surface area contributed by atoms with Crippen molar-refractivity contribution in [2.24, 2.45) is 0 Å². The summed E-state index contributed by atoms with van der Waals surface area (Å²) in [6.07, 6.45) is 0. The van der Waals surface area contributed by atoms with Gasteiger partial charge in [-0.3, -0.25) is 4.79 Å². The molecule has 0 spiro atoms. The molecule has 0 aliphatic rings. The molecule has 0 radical (unpaired) electrons. The summed E-state index contributed by atoms with van der Waals surface area (Å²) >= 11 is 0. The number of hydrogen-bond acceptors (Lipinski definition) is 2. The maximum absolute atomic E-state index is 9.54. The predicted octanol–water partition coefficient (Wildman–Crippen LogP) is -0.710. The molecule has 0 aliphatic heterocycles. The normalized spacial score (nSPS) is 8.17. The van der Waals surface area contributed by atoms with E-state index >= 15 is 0 Å². The van der Waals surface area contributed by atoms with Gasteiger partial charge in [0.15, 0.2) is 0 Å². The van der Waals surface area contributed by atoms with Crippen LogP contribution in [0.15, 0.2) is 0 Å². The number of carboxylic acid groups (broad SMARTS) is 1. The molecule has 0 aromatic carbocycles. The van der Waals surface area contributed by atoms with Gasteiger partial charge in [0.1, 0.15) is 0 Å². The van der Waals surface area contributed by atoms with Gasteiger partial charge in [-0.2, -0.15) is 0 Å². The third-order valence-electron chi connectivity index (χ3n) is 0.328. The summed E-state index contributed by atoms with van der Waals surface area (Å²) in [6, 6.07) is 0. The molecule has 3 nitrogen and oxygen atoms in total. The number of carbonyl (C=O) groups is 1. The summed E-state index contributed by atoms with van der Waals surface area (Å²) in [4.78, 5) is 9.54. The fraction of sp³-hybridized carbons (Fsp3) is 0.667. The average molecular weight is 91.1 g/mol. The van der Waals surface area contributed by atoms with Gasteiger partial charge in [0.2, 0.25) is 0 Å². The zero-order valence-corrected chi connectivity index (χ0v) is 3.56. The first-order valence-corrected chi connectivity index (χ1v) is 1.63. The SMILES string of the molecule is C[15NH][13CH2]C(=O)O. The van der Waals surface area contributed by atoms with E-state index < -0.39 is 5.97 Å². The average Bonchev–Trinajstić information content (AvgIpc) is 1.35. The van der Waals surface area contributed by atoms with E-state index in [2.05, 4.69) is 5.32 Å². The molecular formula is C3H7NO2. The monoisotopic (exact) mass is 91.0 g/mol. The van der Waals surface area contributed by atoms with Gasteiger partial charge in [0.25, 0.3) is 0 Å². The Morgan fingerprint density at radius 2 is 2.50 bits per heavy atom. The van der Waals surface area contributed by atoms with Crippen LogP contribution in [-0.4, -0.2) is 24.7 Å². The summed E-state index contributed by atoms with van der Waals surface area (Å²) in [5.41, 5.74) is 0. The zero-order valence-electron chi connectivity index (χ0n) is 3.56. The van der Waals surface area contributed by atoms with Gasteiger partial charge in [-0.25, -0.2) is 0 Å². The van der Waals surface area contributed by atoms with Crippen molar-refractivity contribution in [1.29, 1.82) is 0 Å². The Bertz CT molecular complexity index is 52.8. The predicted molar refractivity (Wildman–Crippen MR) is 21.6 cm³/mol. The van der Waals surface area contributed by atoms with Crippen LogP contribution in [-0.2, 0) is 4.79 Å². The van der Waals surface area contributed by atoms with E-state index in [4.69, 9.17) is 5.11 Å². The van der Waals surface area contributed by atoms with Gasteiger partial charge in [-0.15, -0.1) is 0 Å². The van der Waals surface area contributed by atoms with Crippen molar-refractivity contribution in [2.45, 2.75) is 0 Å². The Morgan fingerprint density at radius 1 is 2.00 bits per heavy atom. The fourth-order valence-electron chi connectivity index (χ4n) is 0.151. The second-order valence-corrected chi connectivity index (χ2v) is 0.924. The van der Waals surface area contributed by atoms with Crippen LogP contribution in [0.5, 0.6) is 0 Å². The molecule has 0 aromatic heterocycles. The quantitative estimate of drug-likeness (QED) is 0.348. The van der Waals surface area contributed by atoms with Crippen LogP contribution >= 0.6 is 0 Å². The minimum atomic E-state index is -0.822. The molecule has 0 bridgehead atoms. The summed E-state index contributed by atoms with van der Waals surface area (Å²) < 4.78 is 0. The minimum Gasteiger partial charge on any atom is -0.480 e. The van der Waals surface area contributed by atoms with Gasteiger partial charge in [0.05, 0.1) is 6.54 Å². The van der Waals surface area contributed by atoms with Crippen molar-refractivity contribution >= 4 is 5.97 Å². The smallest absolute Gasteiger partial charge is 0.317 e. The molecule has 0 saturated heterocycles. The van der Waals surface area contributed by atoms with Crippen molar-refractivity contribution in [3.05, 3.63) is 0 Å². The fourth-order valence-corrected chi connectivity index (χ4v) is 0.151. The Balaban J connectivity index is 2.83. The summed E-state index contributed by atoms with van der Waals surface area (Å²) in [5.74, 6) is -0.822. The first-order chi connectivity index (χ1) is 2.77. The third kappa shape index (κ3) is 3.43. The molecule has 0 unspecified atom stereocenters. The summed E-state index contributed by atoms with van der Waals surface area (Å²) in [6.45, 7) is 0.0417. The Hall–Kier alpha value is -0.570. The molecule has 0 aromatic rings. The van der Waals surface area contributed by atoms with Crippen LogP contribution in [0.2, 0.25) is 0 Å². The number of likely N-dealkylation sites (N-methyl/N-ethyl adjacent to an activating group) is 1. The van der Waals surface area contributed by atoms with Crippen molar-refractivity contribution in [3.8, 4) is 0 Å². The van der Waals surface area contributed by atoms with E-state index in [0.29, 0.717) is 0 Å². The second-order valence-electron chi connectivity index (χ2n) is 0.924. The molecule has 0 atom stereocenters. The van der Waals surface area contributed by atoms with Gasteiger partial charge < -0.3 is 10.4 Å². The van der Waals surface area contributed by atoms with Crippen molar-refractivity contribution < 1.29 is 9.90 Å². The highest BCUT2D eigenvalue weighted by molar-refractivity contribution is 5.68. The number of aliphatic carboxylic acids is 1. The Kier molecular flexibility index (Phi) is 2.40. The van der Waals surface area contributed by atoms with Crippen LogP contribution in [0.25, 0.3) is 0 Å². The molecule has 0 fully saturated rings. The molecule has 0 rings (SSSR count). The molecule has 0 saturated carbocycles. The first kappa shape index (κ1) is 5.43. The molecule has 3 heteroatoms. The number of carboxylic acids is 1. The molecular weight excluding hydrogens is 84.0 g/mol. The highest BCUT2D eigenvalue weighted by atomic mass is 16.4. The van der Waals surface area contributed by atoms with Gasteiger partial charge in [0, 0.05) is 0 Å². The number of rotatable bonds is 2. The standard InChI is InChI=1S/C3H7NO2/c1-4-2-3(5)6/h4H,2H2,1H3,(H,5,6)/i2+1,4+1. The minimum absolute atomic E-state index is 0.0417. The molecule has 0 amide bonds. The van der Waals surface area contributed by atoms with Crippen LogP contribution < -0.4 is 5.32 Å². The lowest BCUT2D eigenvalue weighted by atomic mass is 11.1. The molecule has 0 heterocycles. The summed E-state index contributed by atoms with van der Waals surface area (Å²) in [7, 11) is 1.59. The van der Waals surface area contributed by atoms with E-state index in [9.17, 15) is 4.79 Å². The summed E-state index contributed by atoms with van der Waals surface area (Å²) in [5, 5.41) is 10.3. The van der Waals surface area contributed by atoms with Crippen LogP contribution in [0.3, 0.4) is 0 Å². The lowest BCUT2D eigenvalue weighted by Gasteiger charge is -1.84. The number of nitrogens with one attached hydrogen (secondary N) is 1. The highest BCUT2D eigenvalue weighted by Crippen LogP contribution is 1.50. The van der Waals surface area contributed by atoms with Crippen LogP contribution in [0, 0.1) is 0 Å². The van der Waals surface area contributed by atoms with E-state index in [1.807, 2.05) is 0 Å². The molecule has 36 valence electrons. The molecule has 0 aliphatic carbocycles. The van der Waals surface area contributed by atoms with E-state index in [1.54, 1.807) is 7.05 Å². The topological polar surface area (TPSA) is 49.3 Å². The largest absolute Gasteiger partial charge is 0.480 e. The van der Waals surface area contributed by atoms with Gasteiger partial charge in [-0.1, -0.05) is 0 Å². The lowest BCUT2D eigenvalue weighted by Crippen LogP contribution is -2.16. The van der Waals surface area contributed by atoms with E-state index in [-0.39, 0.29) is 6.54 Å². The maximum atomic E-state index is 9.54. The van der Waals surface area contributed by atoms with E-state index in [1.165, 1.54) is 0 Å². The second kappa shape index (κ2) is 2.66. The van der Waals surface area contributed by atoms with Crippen LogP contribution in [0.4, 0.5) is 0 Å². The Labute approximate surface area is 36.0 Å². The highest BCUT2D eigenvalue weighted by Gasteiger charge is 1.86. The van der Waals surface area contributed by atoms with Crippen molar-refractivity contribution in [2.75, 3.05) is 13.6 Å². The van der Waals surface area contributed by atoms with Gasteiger partial charge in [-0.05, 0) is 7.05 Å². The number of hydrogen-bond donors (Lipinski definition) is 2. The molecule has 6 heavy (non-hydrogen) atoms. The Morgan fingerprint density at radius 3 is 2.50 bits per heavy atom. The third-order valence-corrected chi connectivity index (χ3v) is 0.328. The van der Waals surface area contributed by atoms with Crippen LogP contribution in [0.1, 0.15) is 0 Å². The van der Waals surface area contributed by atoms with Crippen molar-refractivity contribution in [3.63, 3.8) is 0 Å².